The van der Waals surface area contributed by atoms with Crippen molar-refractivity contribution in [1.82, 2.24) is 5.32 Å². The second kappa shape index (κ2) is 8.93. The average Bonchev–Trinajstić information content (AvgIpc) is 3.51. The average molecular weight is 487 g/mol. The lowest BCUT2D eigenvalue weighted by molar-refractivity contribution is 0.0858. The fourth-order valence-corrected chi connectivity index (χ4v) is 5.83. The molecule has 3 aromatic rings. The number of carbonyl (C=O) groups is 2. The number of halogens is 1. The first-order valence-corrected chi connectivity index (χ1v) is 12.2. The Hall–Kier alpha value is -2.68. The third-order valence-electron chi connectivity index (χ3n) is 6.12. The van der Waals surface area contributed by atoms with E-state index in [4.69, 9.17) is 20.8 Å². The highest BCUT2D eigenvalue weighted by Gasteiger charge is 2.29. The second-order valence-electron chi connectivity index (χ2n) is 8.43. The molecule has 3 heterocycles. The van der Waals surface area contributed by atoms with Gasteiger partial charge in [0.2, 0.25) is 0 Å². The van der Waals surface area contributed by atoms with Gasteiger partial charge >= 0.3 is 0 Å². The van der Waals surface area contributed by atoms with Crippen molar-refractivity contribution < 1.29 is 18.7 Å². The molecule has 7 nitrogen and oxygen atoms in total. The topological polar surface area (TPSA) is 97.6 Å². The zero-order valence-electron chi connectivity index (χ0n) is 18.1. The van der Waals surface area contributed by atoms with Gasteiger partial charge in [0.05, 0.1) is 17.1 Å². The first-order valence-electron chi connectivity index (χ1n) is 11.0. The molecule has 2 N–H and O–H groups in total. The van der Waals surface area contributed by atoms with Crippen LogP contribution in [0.3, 0.4) is 0 Å². The van der Waals surface area contributed by atoms with E-state index in [1.54, 1.807) is 19.1 Å². The molecule has 9 heteroatoms. The lowest BCUT2D eigenvalue weighted by Crippen LogP contribution is -2.32. The number of amides is 2. The van der Waals surface area contributed by atoms with Crippen LogP contribution in [0.15, 0.2) is 27.4 Å². The van der Waals surface area contributed by atoms with E-state index in [-0.39, 0.29) is 28.8 Å². The summed E-state index contributed by atoms with van der Waals surface area (Å²) in [6, 6.07) is 4.33. The Labute approximate surface area is 199 Å². The van der Waals surface area contributed by atoms with Crippen LogP contribution in [0, 0.1) is 6.92 Å². The molecule has 2 amide bonds. The van der Waals surface area contributed by atoms with Crippen LogP contribution >= 0.6 is 22.9 Å². The van der Waals surface area contributed by atoms with Gasteiger partial charge in [-0.05, 0) is 62.3 Å². The maximum Gasteiger partial charge on any atom is 0.292 e. The summed E-state index contributed by atoms with van der Waals surface area (Å²) < 4.78 is 11.3. The molecule has 0 saturated carbocycles. The Morgan fingerprint density at radius 2 is 2.03 bits per heavy atom. The Morgan fingerprint density at radius 3 is 2.82 bits per heavy atom. The number of aryl methyl sites for hydroxylation is 2. The Bertz CT molecular complexity index is 1320. The lowest BCUT2D eigenvalue weighted by Gasteiger charge is -2.12. The van der Waals surface area contributed by atoms with Gasteiger partial charge in [-0.2, -0.15) is 0 Å². The molecular formula is C24H23ClN2O5S. The molecule has 2 aromatic heterocycles. The van der Waals surface area contributed by atoms with E-state index in [0.717, 1.165) is 60.8 Å². The second-order valence-corrected chi connectivity index (χ2v) is 9.95. The molecule has 1 fully saturated rings. The van der Waals surface area contributed by atoms with Gasteiger partial charge in [-0.25, -0.2) is 0 Å². The number of carbonyl (C=O) groups excluding carboxylic acids is 2. The van der Waals surface area contributed by atoms with Crippen molar-refractivity contribution >= 4 is 50.7 Å². The highest BCUT2D eigenvalue weighted by Crippen LogP contribution is 2.39. The minimum atomic E-state index is -0.574. The summed E-state index contributed by atoms with van der Waals surface area (Å²) in [7, 11) is 0. The van der Waals surface area contributed by atoms with Crippen LogP contribution in [0.1, 0.15) is 56.2 Å². The minimum absolute atomic E-state index is 0.0301. The molecule has 1 saturated heterocycles. The monoisotopic (exact) mass is 486 g/mol. The minimum Gasteiger partial charge on any atom is -0.451 e. The standard InChI is InChI=1S/C24H23ClN2O5S/c1-12-8-18-15(9-16(12)25)17(28)10-19(32-18)22(29)27-24-21(14-5-2-6-20(14)33-24)23(30)26-11-13-4-3-7-31-13/h8-10,13H,2-7,11H2,1H3,(H,26,30)(H,27,29). The molecule has 0 radical (unpaired) electrons. The molecule has 0 bridgehead atoms. The largest absolute Gasteiger partial charge is 0.451 e. The van der Waals surface area contributed by atoms with Gasteiger partial charge in [-0.15, -0.1) is 11.3 Å². The van der Waals surface area contributed by atoms with Gasteiger partial charge < -0.3 is 19.8 Å². The van der Waals surface area contributed by atoms with Gasteiger partial charge in [0.1, 0.15) is 10.6 Å². The highest BCUT2D eigenvalue weighted by molar-refractivity contribution is 7.17. The molecule has 1 aliphatic heterocycles. The van der Waals surface area contributed by atoms with Crippen molar-refractivity contribution in [3.63, 3.8) is 0 Å². The summed E-state index contributed by atoms with van der Waals surface area (Å²) in [5.74, 6) is -0.909. The van der Waals surface area contributed by atoms with Gasteiger partial charge in [0, 0.05) is 29.1 Å². The van der Waals surface area contributed by atoms with E-state index in [9.17, 15) is 14.4 Å². The number of hydrogen-bond donors (Lipinski definition) is 2. The van der Waals surface area contributed by atoms with Crippen LogP contribution in [0.25, 0.3) is 11.0 Å². The fraction of sp³-hybridized carbons (Fsp3) is 0.375. The molecule has 5 rings (SSSR count). The number of hydrogen-bond acceptors (Lipinski definition) is 6. The summed E-state index contributed by atoms with van der Waals surface area (Å²) in [6.45, 7) is 2.96. The quantitative estimate of drug-likeness (QED) is 0.554. The number of nitrogens with one attached hydrogen (secondary N) is 2. The lowest BCUT2D eigenvalue weighted by atomic mass is 10.1. The van der Waals surface area contributed by atoms with E-state index < -0.39 is 5.91 Å². The van der Waals surface area contributed by atoms with E-state index in [2.05, 4.69) is 10.6 Å². The summed E-state index contributed by atoms with van der Waals surface area (Å²) >= 11 is 7.52. The third-order valence-corrected chi connectivity index (χ3v) is 7.74. The Morgan fingerprint density at radius 1 is 1.18 bits per heavy atom. The molecule has 2 aliphatic rings. The van der Waals surface area contributed by atoms with E-state index >= 15 is 0 Å². The summed E-state index contributed by atoms with van der Waals surface area (Å²) in [5.41, 5.74) is 2.17. The Balaban J connectivity index is 1.42. The predicted octanol–water partition coefficient (Wildman–Crippen LogP) is 4.47. The van der Waals surface area contributed by atoms with Crippen LogP contribution in [-0.4, -0.2) is 31.1 Å². The van der Waals surface area contributed by atoms with Gasteiger partial charge in [-0.1, -0.05) is 11.6 Å². The van der Waals surface area contributed by atoms with Gasteiger partial charge in [-0.3, -0.25) is 14.4 Å². The SMILES string of the molecule is Cc1cc2oc(C(=O)Nc3sc4c(c3C(=O)NCC3CCCO3)CCC4)cc(=O)c2cc1Cl. The van der Waals surface area contributed by atoms with E-state index in [1.165, 1.54) is 11.3 Å². The number of rotatable bonds is 5. The van der Waals surface area contributed by atoms with Crippen LogP contribution in [0.2, 0.25) is 5.02 Å². The third kappa shape index (κ3) is 4.30. The number of benzene rings is 1. The first kappa shape index (κ1) is 22.1. The zero-order valence-corrected chi connectivity index (χ0v) is 19.7. The molecule has 0 spiro atoms. The van der Waals surface area contributed by atoms with Crippen molar-refractivity contribution in [1.29, 1.82) is 0 Å². The zero-order chi connectivity index (χ0) is 23.1. The molecule has 1 unspecified atom stereocenters. The molecular weight excluding hydrogens is 464 g/mol. The normalized spacial score (nSPS) is 17.3. The fourth-order valence-electron chi connectivity index (χ4n) is 4.39. The van der Waals surface area contributed by atoms with Crippen LogP contribution in [-0.2, 0) is 17.6 Å². The first-order chi connectivity index (χ1) is 15.9. The Kier molecular flexibility index (Phi) is 5.99. The van der Waals surface area contributed by atoms with Crippen molar-refractivity contribution in [2.75, 3.05) is 18.5 Å². The van der Waals surface area contributed by atoms with Crippen molar-refractivity contribution in [2.45, 2.75) is 45.1 Å². The maximum atomic E-state index is 13.1. The van der Waals surface area contributed by atoms with Crippen molar-refractivity contribution in [2.24, 2.45) is 0 Å². The van der Waals surface area contributed by atoms with Crippen LogP contribution in [0.5, 0.6) is 0 Å². The smallest absolute Gasteiger partial charge is 0.292 e. The van der Waals surface area contributed by atoms with Gasteiger partial charge in [0.25, 0.3) is 11.8 Å². The summed E-state index contributed by atoms with van der Waals surface area (Å²) in [5, 5.41) is 7.02. The molecule has 1 aromatic carbocycles. The van der Waals surface area contributed by atoms with E-state index in [0.29, 0.717) is 27.5 Å². The molecule has 1 atom stereocenters. The summed E-state index contributed by atoms with van der Waals surface area (Å²) in [4.78, 5) is 39.7. The van der Waals surface area contributed by atoms with Crippen LogP contribution in [0.4, 0.5) is 5.00 Å². The number of thiophene rings is 1. The van der Waals surface area contributed by atoms with E-state index in [1.807, 2.05) is 0 Å². The van der Waals surface area contributed by atoms with Crippen molar-refractivity contribution in [3.05, 3.63) is 60.8 Å². The molecule has 1 aliphatic carbocycles. The summed E-state index contributed by atoms with van der Waals surface area (Å²) in [6.07, 6.45) is 4.63. The van der Waals surface area contributed by atoms with Crippen molar-refractivity contribution in [3.8, 4) is 0 Å². The van der Waals surface area contributed by atoms with Crippen LogP contribution < -0.4 is 16.1 Å². The number of ether oxygens (including phenoxy) is 1. The highest BCUT2D eigenvalue weighted by atomic mass is 35.5. The number of anilines is 1. The number of fused-ring (bicyclic) bond motifs is 2. The maximum absolute atomic E-state index is 13.1. The van der Waals surface area contributed by atoms with Gasteiger partial charge in [0.15, 0.2) is 11.2 Å². The molecule has 172 valence electrons. The predicted molar refractivity (Wildman–Crippen MR) is 128 cm³/mol. The molecule has 33 heavy (non-hydrogen) atoms.